The average molecular weight is 210 g/mol. The van der Waals surface area contributed by atoms with Gasteiger partial charge in [0.2, 0.25) is 0 Å². The van der Waals surface area contributed by atoms with Crippen LogP contribution >= 0.6 is 0 Å². The first-order chi connectivity index (χ1) is 6.69. The zero-order valence-electron chi connectivity index (χ0n) is 8.33. The number of methoxy groups -OCH3 is 1. The van der Waals surface area contributed by atoms with Gasteiger partial charge in [0.05, 0.1) is 12.7 Å². The van der Waals surface area contributed by atoms with Crippen molar-refractivity contribution in [3.63, 3.8) is 0 Å². The maximum absolute atomic E-state index is 9.26. The van der Waals surface area contributed by atoms with E-state index in [1.807, 2.05) is 0 Å². The lowest BCUT2D eigenvalue weighted by molar-refractivity contribution is -0.248. The van der Waals surface area contributed by atoms with Crippen LogP contribution < -0.4 is 0 Å². The number of aliphatic hydroxyl groups is 4. The molecule has 0 amide bonds. The summed E-state index contributed by atoms with van der Waals surface area (Å²) in [5.74, 6) is 0. The second-order valence-corrected chi connectivity index (χ2v) is 2.82. The van der Waals surface area contributed by atoms with Gasteiger partial charge >= 0.3 is 0 Å². The van der Waals surface area contributed by atoms with Crippen LogP contribution in [0, 0.1) is 0 Å². The minimum Gasteiger partial charge on any atom is -0.400 e. The molecule has 1 heterocycles. The third-order valence-electron chi connectivity index (χ3n) is 1.98. The van der Waals surface area contributed by atoms with E-state index in [1.54, 1.807) is 0 Å². The van der Waals surface area contributed by atoms with Gasteiger partial charge < -0.3 is 29.9 Å². The quantitative estimate of drug-likeness (QED) is 0.423. The SMILES string of the molecule is CO.COC1CC(O)C(O)C(CO)O1. The summed E-state index contributed by atoms with van der Waals surface area (Å²) in [6.45, 7) is -0.321. The summed E-state index contributed by atoms with van der Waals surface area (Å²) in [5.41, 5.74) is 0. The highest BCUT2D eigenvalue weighted by Gasteiger charge is 2.36. The van der Waals surface area contributed by atoms with Crippen molar-refractivity contribution >= 4 is 0 Å². The summed E-state index contributed by atoms with van der Waals surface area (Å²) in [4.78, 5) is 0. The van der Waals surface area contributed by atoms with E-state index in [0.717, 1.165) is 7.11 Å². The Labute approximate surface area is 82.7 Å². The molecule has 0 aromatic heterocycles. The Morgan fingerprint density at radius 2 is 1.93 bits per heavy atom. The predicted octanol–water partition coefficient (Wildman–Crippen LogP) is -1.93. The lowest BCUT2D eigenvalue weighted by atomic mass is 10.0. The van der Waals surface area contributed by atoms with Crippen molar-refractivity contribution in [1.82, 2.24) is 0 Å². The summed E-state index contributed by atoms with van der Waals surface area (Å²) in [7, 11) is 2.45. The van der Waals surface area contributed by atoms with E-state index in [2.05, 4.69) is 0 Å². The molecule has 4 N–H and O–H groups in total. The predicted molar refractivity (Wildman–Crippen MR) is 47.5 cm³/mol. The highest BCUT2D eigenvalue weighted by Crippen LogP contribution is 2.20. The first-order valence-corrected chi connectivity index (χ1v) is 4.29. The average Bonchev–Trinajstić information content (AvgIpc) is 2.24. The smallest absolute Gasteiger partial charge is 0.160 e. The Balaban J connectivity index is 0.000000791. The van der Waals surface area contributed by atoms with Gasteiger partial charge in [-0.1, -0.05) is 0 Å². The van der Waals surface area contributed by atoms with Gasteiger partial charge in [0.1, 0.15) is 12.2 Å². The summed E-state index contributed by atoms with van der Waals surface area (Å²) in [5, 5.41) is 34.3. The first kappa shape index (κ1) is 13.8. The van der Waals surface area contributed by atoms with Crippen LogP contribution in [-0.4, -0.2) is 65.9 Å². The molecule has 0 radical (unpaired) electrons. The van der Waals surface area contributed by atoms with Gasteiger partial charge in [-0.2, -0.15) is 0 Å². The molecule has 4 unspecified atom stereocenters. The van der Waals surface area contributed by atoms with Crippen molar-refractivity contribution in [3.8, 4) is 0 Å². The van der Waals surface area contributed by atoms with E-state index in [9.17, 15) is 10.2 Å². The normalized spacial score (nSPS) is 37.3. The fourth-order valence-corrected chi connectivity index (χ4v) is 1.22. The van der Waals surface area contributed by atoms with E-state index >= 15 is 0 Å². The van der Waals surface area contributed by atoms with E-state index in [-0.39, 0.29) is 13.0 Å². The minimum absolute atomic E-state index is 0.230. The molecule has 86 valence electrons. The molecule has 14 heavy (non-hydrogen) atoms. The lowest BCUT2D eigenvalue weighted by Crippen LogP contribution is -2.50. The van der Waals surface area contributed by atoms with Gasteiger partial charge in [-0.3, -0.25) is 0 Å². The van der Waals surface area contributed by atoms with Crippen molar-refractivity contribution in [2.75, 3.05) is 20.8 Å². The van der Waals surface area contributed by atoms with Gasteiger partial charge in [-0.25, -0.2) is 0 Å². The molecule has 1 saturated heterocycles. The standard InChI is InChI=1S/C7H14O5.CH4O/c1-11-6-2-4(9)7(10)5(3-8)12-6;1-2/h4-10H,2-3H2,1H3;2H,1H3. The zero-order chi connectivity index (χ0) is 11.1. The van der Waals surface area contributed by atoms with Crippen LogP contribution in [0.2, 0.25) is 0 Å². The summed E-state index contributed by atoms with van der Waals surface area (Å²) < 4.78 is 9.92. The number of hydrogen-bond acceptors (Lipinski definition) is 6. The summed E-state index contributed by atoms with van der Waals surface area (Å²) in [6, 6.07) is 0. The van der Waals surface area contributed by atoms with Gasteiger partial charge in [0, 0.05) is 20.6 Å². The largest absolute Gasteiger partial charge is 0.400 e. The molecule has 1 aliphatic rings. The highest BCUT2D eigenvalue weighted by molar-refractivity contribution is 4.81. The van der Waals surface area contributed by atoms with Gasteiger partial charge in [0.25, 0.3) is 0 Å². The van der Waals surface area contributed by atoms with E-state index in [4.69, 9.17) is 19.7 Å². The van der Waals surface area contributed by atoms with Crippen molar-refractivity contribution in [2.45, 2.75) is 31.0 Å². The molecular weight excluding hydrogens is 192 g/mol. The fraction of sp³-hybridized carbons (Fsp3) is 1.00. The Bertz CT molecular complexity index is 142. The number of ether oxygens (including phenoxy) is 2. The molecule has 1 rings (SSSR count). The third kappa shape index (κ3) is 3.49. The maximum Gasteiger partial charge on any atom is 0.160 e. The van der Waals surface area contributed by atoms with Crippen molar-refractivity contribution in [2.24, 2.45) is 0 Å². The van der Waals surface area contributed by atoms with Gasteiger partial charge in [-0.05, 0) is 0 Å². The van der Waals surface area contributed by atoms with Gasteiger partial charge in [-0.15, -0.1) is 0 Å². The third-order valence-corrected chi connectivity index (χ3v) is 1.98. The van der Waals surface area contributed by atoms with Crippen LogP contribution in [0.3, 0.4) is 0 Å². The molecule has 4 atom stereocenters. The zero-order valence-corrected chi connectivity index (χ0v) is 8.33. The van der Waals surface area contributed by atoms with Crippen LogP contribution in [0.25, 0.3) is 0 Å². The van der Waals surface area contributed by atoms with Crippen LogP contribution in [0.15, 0.2) is 0 Å². The first-order valence-electron chi connectivity index (χ1n) is 4.29. The minimum atomic E-state index is -1.03. The molecule has 0 aromatic carbocycles. The van der Waals surface area contributed by atoms with Crippen LogP contribution in [0.5, 0.6) is 0 Å². The second kappa shape index (κ2) is 7.10. The number of rotatable bonds is 2. The van der Waals surface area contributed by atoms with Gasteiger partial charge in [0.15, 0.2) is 6.29 Å². The Morgan fingerprint density at radius 1 is 1.36 bits per heavy atom. The van der Waals surface area contributed by atoms with E-state index in [0.29, 0.717) is 0 Å². The summed E-state index contributed by atoms with van der Waals surface area (Å²) in [6.07, 6.45) is -2.98. The molecule has 0 spiro atoms. The molecule has 1 aliphatic heterocycles. The lowest BCUT2D eigenvalue weighted by Gasteiger charge is -2.35. The van der Waals surface area contributed by atoms with E-state index < -0.39 is 24.6 Å². The Kier molecular flexibility index (Phi) is 6.98. The fourth-order valence-electron chi connectivity index (χ4n) is 1.22. The molecule has 1 fully saturated rings. The molecular formula is C8H18O6. The Hall–Kier alpha value is -0.240. The van der Waals surface area contributed by atoms with Crippen molar-refractivity contribution < 1.29 is 29.9 Å². The molecule has 6 nitrogen and oxygen atoms in total. The number of aliphatic hydroxyl groups excluding tert-OH is 4. The highest BCUT2D eigenvalue weighted by atomic mass is 16.7. The molecule has 0 bridgehead atoms. The maximum atomic E-state index is 9.26. The van der Waals surface area contributed by atoms with Crippen molar-refractivity contribution in [1.29, 1.82) is 0 Å². The summed E-state index contributed by atoms with van der Waals surface area (Å²) >= 11 is 0. The second-order valence-electron chi connectivity index (χ2n) is 2.82. The number of hydrogen-bond donors (Lipinski definition) is 4. The Morgan fingerprint density at radius 3 is 2.36 bits per heavy atom. The van der Waals surface area contributed by atoms with Crippen LogP contribution in [0.1, 0.15) is 6.42 Å². The molecule has 0 saturated carbocycles. The topological polar surface area (TPSA) is 99.4 Å². The van der Waals surface area contributed by atoms with Crippen molar-refractivity contribution in [3.05, 3.63) is 0 Å². The van der Waals surface area contributed by atoms with E-state index in [1.165, 1.54) is 7.11 Å². The van der Waals surface area contributed by atoms with Crippen LogP contribution in [0.4, 0.5) is 0 Å². The molecule has 0 aromatic rings. The molecule has 0 aliphatic carbocycles. The molecule has 6 heteroatoms. The van der Waals surface area contributed by atoms with Crippen LogP contribution in [-0.2, 0) is 9.47 Å². The monoisotopic (exact) mass is 210 g/mol.